The van der Waals surface area contributed by atoms with Crippen molar-refractivity contribution >= 4 is 22.0 Å². The van der Waals surface area contributed by atoms with E-state index in [0.717, 1.165) is 27.8 Å². The van der Waals surface area contributed by atoms with Crippen LogP contribution in [-0.2, 0) is 0 Å². The second-order valence-corrected chi connectivity index (χ2v) is 5.08. The van der Waals surface area contributed by atoms with Crippen LogP contribution in [0.3, 0.4) is 0 Å². The van der Waals surface area contributed by atoms with Crippen LogP contribution in [0.25, 0.3) is 33.4 Å². The van der Waals surface area contributed by atoms with Crippen molar-refractivity contribution in [3.8, 4) is 11.4 Å². The van der Waals surface area contributed by atoms with Gasteiger partial charge in [-0.15, -0.1) is 0 Å². The highest BCUT2D eigenvalue weighted by Crippen LogP contribution is 2.26. The first-order valence-corrected chi connectivity index (χ1v) is 6.70. The molecule has 4 aromatic rings. The second kappa shape index (κ2) is 4.31. The molecule has 0 spiro atoms. The fourth-order valence-corrected chi connectivity index (χ4v) is 2.47. The lowest BCUT2D eigenvalue weighted by Crippen LogP contribution is -1.94. The van der Waals surface area contributed by atoms with E-state index >= 15 is 0 Å². The highest BCUT2D eigenvalue weighted by molar-refractivity contribution is 6.02. The smallest absolute Gasteiger partial charge is 0.336 e. The molecule has 0 radical (unpaired) electrons. The molecular weight excluding hydrogens is 264 g/mol. The van der Waals surface area contributed by atoms with Crippen molar-refractivity contribution in [2.45, 2.75) is 6.92 Å². The van der Waals surface area contributed by atoms with Gasteiger partial charge < -0.3 is 9.40 Å². The van der Waals surface area contributed by atoms with E-state index in [2.05, 4.69) is 29.0 Å². The Hall–Kier alpha value is -2.88. The summed E-state index contributed by atoms with van der Waals surface area (Å²) in [6.07, 6.45) is 0. The van der Waals surface area contributed by atoms with Crippen molar-refractivity contribution in [3.05, 3.63) is 64.5 Å². The SMILES string of the molecule is Cc1ccc(-c2nc3c(ccc4oc(=O)ccc43)[nH]2)cc1. The van der Waals surface area contributed by atoms with Crippen LogP contribution in [0.15, 0.2) is 57.7 Å². The number of H-pyrrole nitrogens is 1. The number of nitrogens with zero attached hydrogens (tertiary/aromatic N) is 1. The van der Waals surface area contributed by atoms with Gasteiger partial charge in [-0.05, 0) is 25.1 Å². The van der Waals surface area contributed by atoms with E-state index in [1.54, 1.807) is 12.1 Å². The molecule has 0 amide bonds. The van der Waals surface area contributed by atoms with Crippen LogP contribution in [0.1, 0.15) is 5.56 Å². The van der Waals surface area contributed by atoms with E-state index in [1.165, 1.54) is 11.6 Å². The number of hydrogen-bond donors (Lipinski definition) is 1. The molecule has 2 aromatic heterocycles. The van der Waals surface area contributed by atoms with Crippen molar-refractivity contribution < 1.29 is 4.42 Å². The number of fused-ring (bicyclic) bond motifs is 3. The van der Waals surface area contributed by atoms with Crippen LogP contribution in [0.2, 0.25) is 0 Å². The van der Waals surface area contributed by atoms with Crippen molar-refractivity contribution in [2.24, 2.45) is 0 Å². The van der Waals surface area contributed by atoms with Crippen molar-refractivity contribution in [1.29, 1.82) is 0 Å². The summed E-state index contributed by atoms with van der Waals surface area (Å²) in [7, 11) is 0. The van der Waals surface area contributed by atoms with Crippen LogP contribution in [0.5, 0.6) is 0 Å². The normalized spacial score (nSPS) is 11.3. The Labute approximate surface area is 120 Å². The van der Waals surface area contributed by atoms with Gasteiger partial charge in [0.2, 0.25) is 0 Å². The van der Waals surface area contributed by atoms with Gasteiger partial charge in [-0.25, -0.2) is 9.78 Å². The number of nitrogens with one attached hydrogen (secondary N) is 1. The predicted molar refractivity (Wildman–Crippen MR) is 82.3 cm³/mol. The summed E-state index contributed by atoms with van der Waals surface area (Å²) in [6.45, 7) is 2.05. The molecule has 0 unspecified atom stereocenters. The molecule has 0 saturated carbocycles. The van der Waals surface area contributed by atoms with E-state index in [9.17, 15) is 4.79 Å². The summed E-state index contributed by atoms with van der Waals surface area (Å²) in [6, 6.07) is 15.0. The molecule has 0 aliphatic carbocycles. The quantitative estimate of drug-likeness (QED) is 0.540. The molecular formula is C17H12N2O2. The van der Waals surface area contributed by atoms with Gasteiger partial charge in [-0.2, -0.15) is 0 Å². The number of rotatable bonds is 1. The first kappa shape index (κ1) is 11.9. The number of hydrogen-bond acceptors (Lipinski definition) is 3. The topological polar surface area (TPSA) is 58.9 Å². The molecule has 2 aromatic carbocycles. The standard InChI is InChI=1S/C17H12N2O2/c1-10-2-4-11(5-3-10)17-18-13-7-8-14-12(16(13)19-17)6-9-15(20)21-14/h2-9H,1H3,(H,18,19). The number of aromatic amines is 1. The van der Waals surface area contributed by atoms with Gasteiger partial charge in [0, 0.05) is 17.0 Å². The third kappa shape index (κ3) is 1.92. The van der Waals surface area contributed by atoms with Crippen LogP contribution >= 0.6 is 0 Å². The van der Waals surface area contributed by atoms with Gasteiger partial charge in [-0.3, -0.25) is 0 Å². The average Bonchev–Trinajstić information content (AvgIpc) is 2.92. The van der Waals surface area contributed by atoms with Crippen LogP contribution in [0, 0.1) is 6.92 Å². The molecule has 0 bridgehead atoms. The van der Waals surface area contributed by atoms with E-state index in [1.807, 2.05) is 18.2 Å². The number of benzene rings is 2. The van der Waals surface area contributed by atoms with Gasteiger partial charge in [0.25, 0.3) is 0 Å². The fourth-order valence-electron chi connectivity index (χ4n) is 2.47. The molecule has 0 fully saturated rings. The lowest BCUT2D eigenvalue weighted by molar-refractivity contribution is 0.561. The Morgan fingerprint density at radius 2 is 1.81 bits per heavy atom. The van der Waals surface area contributed by atoms with Crippen molar-refractivity contribution in [1.82, 2.24) is 9.97 Å². The summed E-state index contributed by atoms with van der Waals surface area (Å²) in [5.74, 6) is 0.809. The number of aromatic nitrogens is 2. The molecule has 0 aliphatic heterocycles. The van der Waals surface area contributed by atoms with Gasteiger partial charge in [-0.1, -0.05) is 29.8 Å². The minimum absolute atomic E-state index is 0.351. The van der Waals surface area contributed by atoms with Gasteiger partial charge >= 0.3 is 5.63 Å². The third-order valence-corrected chi connectivity index (χ3v) is 3.58. The molecule has 4 rings (SSSR count). The summed E-state index contributed by atoms with van der Waals surface area (Å²) >= 11 is 0. The monoisotopic (exact) mass is 276 g/mol. The van der Waals surface area contributed by atoms with Gasteiger partial charge in [0.1, 0.15) is 11.4 Å². The van der Waals surface area contributed by atoms with Crippen molar-refractivity contribution in [2.75, 3.05) is 0 Å². The highest BCUT2D eigenvalue weighted by Gasteiger charge is 2.09. The average molecular weight is 276 g/mol. The van der Waals surface area contributed by atoms with Crippen molar-refractivity contribution in [3.63, 3.8) is 0 Å². The molecule has 4 nitrogen and oxygen atoms in total. The Morgan fingerprint density at radius 1 is 1.00 bits per heavy atom. The van der Waals surface area contributed by atoms with Crippen LogP contribution in [-0.4, -0.2) is 9.97 Å². The Morgan fingerprint density at radius 3 is 2.62 bits per heavy atom. The zero-order valence-electron chi connectivity index (χ0n) is 11.4. The lowest BCUT2D eigenvalue weighted by atomic mass is 10.1. The predicted octanol–water partition coefficient (Wildman–Crippen LogP) is 3.64. The van der Waals surface area contributed by atoms with E-state index < -0.39 is 0 Å². The molecule has 0 atom stereocenters. The van der Waals surface area contributed by atoms with Gasteiger partial charge in [0.15, 0.2) is 0 Å². The second-order valence-electron chi connectivity index (χ2n) is 5.08. The zero-order chi connectivity index (χ0) is 14.4. The summed E-state index contributed by atoms with van der Waals surface area (Å²) in [5.41, 5.74) is 4.18. The van der Waals surface area contributed by atoms with E-state index in [4.69, 9.17) is 4.42 Å². The van der Waals surface area contributed by atoms with Crippen LogP contribution < -0.4 is 5.63 Å². The van der Waals surface area contributed by atoms with E-state index in [-0.39, 0.29) is 5.63 Å². The zero-order valence-corrected chi connectivity index (χ0v) is 11.4. The highest BCUT2D eigenvalue weighted by atomic mass is 16.4. The summed E-state index contributed by atoms with van der Waals surface area (Å²) in [4.78, 5) is 19.2. The Kier molecular flexibility index (Phi) is 2.44. The molecule has 102 valence electrons. The lowest BCUT2D eigenvalue weighted by Gasteiger charge is -1.96. The number of aryl methyl sites for hydroxylation is 1. The largest absolute Gasteiger partial charge is 0.423 e. The van der Waals surface area contributed by atoms with E-state index in [0.29, 0.717) is 5.58 Å². The van der Waals surface area contributed by atoms with Crippen LogP contribution in [0.4, 0.5) is 0 Å². The van der Waals surface area contributed by atoms with Gasteiger partial charge in [0.05, 0.1) is 11.0 Å². The maximum atomic E-state index is 11.3. The minimum atomic E-state index is -0.351. The Balaban J connectivity index is 1.99. The molecule has 2 heterocycles. The molecule has 1 N–H and O–H groups in total. The molecule has 21 heavy (non-hydrogen) atoms. The molecule has 0 saturated heterocycles. The first-order chi connectivity index (χ1) is 10.2. The summed E-state index contributed by atoms with van der Waals surface area (Å²) in [5, 5.41) is 0.835. The maximum Gasteiger partial charge on any atom is 0.336 e. The number of imidazole rings is 1. The minimum Gasteiger partial charge on any atom is -0.423 e. The fraction of sp³-hybridized carbons (Fsp3) is 0.0588. The third-order valence-electron chi connectivity index (χ3n) is 3.58. The maximum absolute atomic E-state index is 11.3. The first-order valence-electron chi connectivity index (χ1n) is 6.70. The Bertz CT molecular complexity index is 1010. The molecule has 0 aliphatic rings. The summed E-state index contributed by atoms with van der Waals surface area (Å²) < 4.78 is 5.19. The molecule has 4 heteroatoms.